The standard InChI is InChI=1S/C27H27F3N4O5/c1-26(2,3)39-25(36)33-11-10-20-19(14-33)23(27(28,29)30)31-34(20)18-7-5-6-16(12-18)24(35)32(4)17-8-9-21-22(13-17)38-15-37-21/h5-9,12-13H,10-11,14-15H2,1-4H3. The second kappa shape index (κ2) is 9.51. The summed E-state index contributed by atoms with van der Waals surface area (Å²) in [6.45, 7) is 5.05. The number of anilines is 1. The molecule has 2 amide bonds. The van der Waals surface area contributed by atoms with Gasteiger partial charge in [-0.15, -0.1) is 0 Å². The van der Waals surface area contributed by atoms with Crippen molar-refractivity contribution in [3.05, 3.63) is 65.0 Å². The van der Waals surface area contributed by atoms with E-state index < -0.39 is 23.6 Å². The number of carbonyl (C=O) groups is 2. The number of amides is 2. The third kappa shape index (κ3) is 5.23. The van der Waals surface area contributed by atoms with Crippen LogP contribution in [-0.2, 0) is 23.9 Å². The second-order valence-corrected chi connectivity index (χ2v) is 10.3. The zero-order valence-electron chi connectivity index (χ0n) is 21.8. The maximum atomic E-state index is 14.0. The number of rotatable bonds is 3. The van der Waals surface area contributed by atoms with Gasteiger partial charge in [0, 0.05) is 42.9 Å². The Balaban J connectivity index is 1.45. The lowest BCUT2D eigenvalue weighted by Gasteiger charge is -2.30. The van der Waals surface area contributed by atoms with Gasteiger partial charge in [0.2, 0.25) is 6.79 Å². The summed E-state index contributed by atoms with van der Waals surface area (Å²) in [5, 5.41) is 3.90. The predicted molar refractivity (Wildman–Crippen MR) is 134 cm³/mol. The molecule has 0 fully saturated rings. The number of hydrogen-bond donors (Lipinski definition) is 0. The van der Waals surface area contributed by atoms with Gasteiger partial charge in [-0.05, 0) is 51.1 Å². The number of nitrogens with zero attached hydrogens (tertiary/aromatic N) is 4. The summed E-state index contributed by atoms with van der Waals surface area (Å²) in [5.41, 5.74) is -0.485. The van der Waals surface area contributed by atoms with Crippen LogP contribution < -0.4 is 14.4 Å². The number of hydrogen-bond acceptors (Lipinski definition) is 6. The molecule has 0 saturated heterocycles. The fourth-order valence-electron chi connectivity index (χ4n) is 4.52. The number of aromatic nitrogens is 2. The molecule has 0 aliphatic carbocycles. The molecule has 1 aromatic heterocycles. The molecule has 2 aromatic carbocycles. The Morgan fingerprint density at radius 1 is 1.05 bits per heavy atom. The molecule has 0 radical (unpaired) electrons. The van der Waals surface area contributed by atoms with Crippen molar-refractivity contribution in [1.29, 1.82) is 0 Å². The minimum absolute atomic E-state index is 0.0891. The summed E-state index contributed by atoms with van der Waals surface area (Å²) in [5.74, 6) is 0.726. The molecule has 2 aliphatic rings. The van der Waals surface area contributed by atoms with Gasteiger partial charge in [0.1, 0.15) is 5.60 Å². The Kier molecular flexibility index (Phi) is 6.44. The Morgan fingerprint density at radius 3 is 2.51 bits per heavy atom. The molecule has 5 rings (SSSR count). The van der Waals surface area contributed by atoms with Gasteiger partial charge in [-0.1, -0.05) is 6.07 Å². The predicted octanol–water partition coefficient (Wildman–Crippen LogP) is 5.19. The van der Waals surface area contributed by atoms with E-state index in [2.05, 4.69) is 5.10 Å². The van der Waals surface area contributed by atoms with Crippen molar-refractivity contribution in [2.45, 2.75) is 45.5 Å². The Hall–Kier alpha value is -4.22. The molecule has 0 unspecified atom stereocenters. The van der Waals surface area contributed by atoms with Crippen molar-refractivity contribution >= 4 is 17.7 Å². The summed E-state index contributed by atoms with van der Waals surface area (Å²) in [6, 6.07) is 11.4. The molecular weight excluding hydrogens is 517 g/mol. The SMILES string of the molecule is CN(C(=O)c1cccc(-n2nc(C(F)(F)F)c3c2CCN(C(=O)OC(C)(C)C)C3)c1)c1ccc2c(c1)OCO2. The second-order valence-electron chi connectivity index (χ2n) is 10.3. The van der Waals surface area contributed by atoms with Gasteiger partial charge in [0.25, 0.3) is 5.91 Å². The molecule has 9 nitrogen and oxygen atoms in total. The molecular formula is C27H27F3N4O5. The highest BCUT2D eigenvalue weighted by atomic mass is 19.4. The van der Waals surface area contributed by atoms with E-state index in [9.17, 15) is 22.8 Å². The maximum absolute atomic E-state index is 14.0. The van der Waals surface area contributed by atoms with Gasteiger partial charge in [0.15, 0.2) is 17.2 Å². The van der Waals surface area contributed by atoms with Gasteiger partial charge in [-0.2, -0.15) is 18.3 Å². The quantitative estimate of drug-likeness (QED) is 0.451. The number of alkyl halides is 3. The number of carbonyl (C=O) groups excluding carboxylic acids is 2. The first-order valence-corrected chi connectivity index (χ1v) is 12.3. The highest BCUT2D eigenvalue weighted by Crippen LogP contribution is 2.37. The van der Waals surface area contributed by atoms with Crippen molar-refractivity contribution in [1.82, 2.24) is 14.7 Å². The smallest absolute Gasteiger partial charge is 0.435 e. The van der Waals surface area contributed by atoms with Crippen LogP contribution in [0.3, 0.4) is 0 Å². The highest BCUT2D eigenvalue weighted by Gasteiger charge is 2.42. The first-order chi connectivity index (χ1) is 18.3. The average Bonchev–Trinajstić information content (AvgIpc) is 3.50. The summed E-state index contributed by atoms with van der Waals surface area (Å²) >= 11 is 0. The number of ether oxygens (including phenoxy) is 3. The largest absolute Gasteiger partial charge is 0.454 e. The third-order valence-corrected chi connectivity index (χ3v) is 6.36. The molecule has 206 valence electrons. The zero-order valence-corrected chi connectivity index (χ0v) is 21.8. The molecule has 3 aromatic rings. The highest BCUT2D eigenvalue weighted by molar-refractivity contribution is 6.06. The normalized spacial score (nSPS) is 14.7. The van der Waals surface area contributed by atoms with Crippen LogP contribution in [0.2, 0.25) is 0 Å². The number of fused-ring (bicyclic) bond motifs is 2. The van der Waals surface area contributed by atoms with Crippen molar-refractivity contribution in [3.63, 3.8) is 0 Å². The van der Waals surface area contributed by atoms with E-state index in [4.69, 9.17) is 14.2 Å². The van der Waals surface area contributed by atoms with Crippen molar-refractivity contribution in [3.8, 4) is 17.2 Å². The van der Waals surface area contributed by atoms with Crippen molar-refractivity contribution in [2.24, 2.45) is 0 Å². The Morgan fingerprint density at radius 2 is 1.79 bits per heavy atom. The molecule has 3 heterocycles. The fourth-order valence-corrected chi connectivity index (χ4v) is 4.52. The molecule has 0 bridgehead atoms. The molecule has 0 saturated carbocycles. The van der Waals surface area contributed by atoms with Gasteiger partial charge < -0.3 is 24.0 Å². The monoisotopic (exact) mass is 544 g/mol. The van der Waals surface area contributed by atoms with Crippen LogP contribution in [0, 0.1) is 0 Å². The van der Waals surface area contributed by atoms with Crippen LogP contribution in [0.15, 0.2) is 42.5 Å². The molecule has 2 aliphatic heterocycles. The van der Waals surface area contributed by atoms with E-state index in [0.29, 0.717) is 28.6 Å². The minimum Gasteiger partial charge on any atom is -0.454 e. The van der Waals surface area contributed by atoms with Crippen molar-refractivity contribution < 1.29 is 37.0 Å². The van der Waals surface area contributed by atoms with Gasteiger partial charge in [-0.25, -0.2) is 9.48 Å². The first-order valence-electron chi connectivity index (χ1n) is 12.3. The van der Waals surface area contributed by atoms with Crippen LogP contribution in [0.25, 0.3) is 5.69 Å². The lowest BCUT2D eigenvalue weighted by Crippen LogP contribution is -2.40. The van der Waals surface area contributed by atoms with Crippen molar-refractivity contribution in [2.75, 3.05) is 25.3 Å². The van der Waals surface area contributed by atoms with E-state index in [1.54, 1.807) is 64.2 Å². The van der Waals surface area contributed by atoms with E-state index >= 15 is 0 Å². The Bertz CT molecular complexity index is 1440. The summed E-state index contributed by atoms with van der Waals surface area (Å²) in [7, 11) is 1.59. The molecule has 0 atom stereocenters. The average molecular weight is 545 g/mol. The lowest BCUT2D eigenvalue weighted by atomic mass is 10.0. The van der Waals surface area contributed by atoms with E-state index in [-0.39, 0.29) is 43.3 Å². The third-order valence-electron chi connectivity index (χ3n) is 6.36. The zero-order chi connectivity index (χ0) is 28.1. The topological polar surface area (TPSA) is 86.1 Å². The fraction of sp³-hybridized carbons (Fsp3) is 0.370. The number of benzene rings is 2. The molecule has 0 spiro atoms. The molecule has 12 heteroatoms. The van der Waals surface area contributed by atoms with Gasteiger partial charge >= 0.3 is 12.3 Å². The molecule has 0 N–H and O–H groups in total. The maximum Gasteiger partial charge on any atom is 0.435 e. The van der Waals surface area contributed by atoms with Crippen LogP contribution >= 0.6 is 0 Å². The first kappa shape index (κ1) is 26.4. The van der Waals surface area contributed by atoms with E-state index in [1.165, 1.54) is 20.5 Å². The van der Waals surface area contributed by atoms with Crippen LogP contribution in [0.1, 0.15) is 48.1 Å². The van der Waals surface area contributed by atoms with Crippen LogP contribution in [0.5, 0.6) is 11.5 Å². The number of halogens is 3. The minimum atomic E-state index is -4.74. The summed E-state index contributed by atoms with van der Waals surface area (Å²) in [6.07, 6.45) is -5.29. The lowest BCUT2D eigenvalue weighted by molar-refractivity contribution is -0.142. The molecule has 39 heavy (non-hydrogen) atoms. The van der Waals surface area contributed by atoms with Gasteiger partial charge in [-0.3, -0.25) is 4.79 Å². The van der Waals surface area contributed by atoms with E-state index in [1.807, 2.05) is 0 Å². The van der Waals surface area contributed by atoms with Gasteiger partial charge in [0.05, 0.1) is 17.9 Å². The van der Waals surface area contributed by atoms with Crippen LogP contribution in [-0.4, -0.2) is 52.7 Å². The van der Waals surface area contributed by atoms with Crippen LogP contribution in [0.4, 0.5) is 23.7 Å². The van der Waals surface area contributed by atoms with E-state index in [0.717, 1.165) is 0 Å². The summed E-state index contributed by atoms with van der Waals surface area (Å²) < 4.78 is 59.3. The Labute approximate surface area is 222 Å². The summed E-state index contributed by atoms with van der Waals surface area (Å²) in [4.78, 5) is 28.5.